The van der Waals surface area contributed by atoms with Crippen LogP contribution in [-0.2, 0) is 20.8 Å². The molecule has 0 bridgehead atoms. The topological polar surface area (TPSA) is 147 Å². The molecule has 4 N–H and O–H groups in total. The molecule has 2 atom stereocenters. The van der Waals surface area contributed by atoms with E-state index in [9.17, 15) is 14.4 Å². The van der Waals surface area contributed by atoms with Crippen LogP contribution in [0.15, 0.2) is 17.4 Å². The van der Waals surface area contributed by atoms with Gasteiger partial charge in [-0.25, -0.2) is 9.97 Å². The molecule has 1 fully saturated rings. The van der Waals surface area contributed by atoms with Crippen molar-refractivity contribution >= 4 is 63.4 Å². The normalized spacial score (nSPS) is 21.7. The lowest BCUT2D eigenvalue weighted by Crippen LogP contribution is -2.70. The van der Waals surface area contributed by atoms with Crippen molar-refractivity contribution in [2.45, 2.75) is 17.8 Å². The summed E-state index contributed by atoms with van der Waals surface area (Å²) in [5, 5.41) is 10.4. The number of anilines is 1. The zero-order chi connectivity index (χ0) is 19.1. The SMILES string of the molecule is Nc1nc(CC(=O)N[C@@H]2C(=O)N3C(C(=O)S)=C(c4ncn[nH]4)CS[C@H]23)cs1. The van der Waals surface area contributed by atoms with Gasteiger partial charge in [0.15, 0.2) is 11.0 Å². The zero-order valence-corrected chi connectivity index (χ0v) is 16.1. The molecule has 10 nitrogen and oxygen atoms in total. The lowest BCUT2D eigenvalue weighted by atomic mass is 10.0. The van der Waals surface area contributed by atoms with Crippen molar-refractivity contribution < 1.29 is 14.4 Å². The summed E-state index contributed by atoms with van der Waals surface area (Å²) >= 11 is 6.58. The first kappa shape index (κ1) is 18.0. The molecule has 0 radical (unpaired) electrons. The number of fused-ring (bicyclic) bond motifs is 1. The number of nitrogens with two attached hydrogens (primary N) is 1. The van der Waals surface area contributed by atoms with Gasteiger partial charge in [0.25, 0.3) is 5.91 Å². The molecule has 2 amide bonds. The minimum atomic E-state index is -0.711. The summed E-state index contributed by atoms with van der Waals surface area (Å²) in [6.45, 7) is 0. The van der Waals surface area contributed by atoms with E-state index in [1.807, 2.05) is 0 Å². The number of hydrogen-bond donors (Lipinski definition) is 4. The van der Waals surface area contributed by atoms with Crippen molar-refractivity contribution in [3.05, 3.63) is 28.9 Å². The predicted octanol–water partition coefficient (Wildman–Crippen LogP) is -0.346. The van der Waals surface area contributed by atoms with Crippen LogP contribution in [0.5, 0.6) is 0 Å². The van der Waals surface area contributed by atoms with Gasteiger partial charge in [-0.05, 0) is 0 Å². The van der Waals surface area contributed by atoms with E-state index in [2.05, 4.69) is 38.1 Å². The number of hydrogen-bond acceptors (Lipinski definition) is 9. The van der Waals surface area contributed by atoms with E-state index in [1.54, 1.807) is 5.38 Å². The Morgan fingerprint density at radius 1 is 1.48 bits per heavy atom. The number of aromatic nitrogens is 4. The molecule has 1 saturated heterocycles. The predicted molar refractivity (Wildman–Crippen MR) is 103 cm³/mol. The van der Waals surface area contributed by atoms with Gasteiger partial charge in [0.05, 0.1) is 12.1 Å². The van der Waals surface area contributed by atoms with E-state index < -0.39 is 11.2 Å². The number of carbonyl (C=O) groups is 3. The number of aromatic amines is 1. The van der Waals surface area contributed by atoms with Crippen LogP contribution >= 0.6 is 35.7 Å². The maximum Gasteiger partial charge on any atom is 0.253 e. The molecule has 2 aliphatic heterocycles. The average Bonchev–Trinajstić information content (AvgIpc) is 3.30. The van der Waals surface area contributed by atoms with Crippen LogP contribution in [0.4, 0.5) is 5.13 Å². The molecule has 2 aromatic rings. The van der Waals surface area contributed by atoms with Crippen LogP contribution in [0.25, 0.3) is 5.57 Å². The molecular weight excluding hydrogens is 410 g/mol. The molecule has 2 aliphatic rings. The number of thiol groups is 1. The van der Waals surface area contributed by atoms with Gasteiger partial charge in [-0.3, -0.25) is 24.4 Å². The third kappa shape index (κ3) is 3.21. The van der Waals surface area contributed by atoms with Gasteiger partial charge in [-0.1, -0.05) is 12.6 Å². The Labute approximate surface area is 166 Å². The zero-order valence-electron chi connectivity index (χ0n) is 13.6. The second-order valence-electron chi connectivity index (χ2n) is 5.78. The van der Waals surface area contributed by atoms with Crippen molar-refractivity contribution in [1.82, 2.24) is 30.4 Å². The number of thioether (sulfide) groups is 1. The summed E-state index contributed by atoms with van der Waals surface area (Å²) in [7, 11) is 0. The van der Waals surface area contributed by atoms with Crippen LogP contribution in [-0.4, -0.2) is 59.2 Å². The van der Waals surface area contributed by atoms with Crippen molar-refractivity contribution in [2.24, 2.45) is 0 Å². The van der Waals surface area contributed by atoms with Gasteiger partial charge >= 0.3 is 0 Å². The Hall–Kier alpha value is -2.38. The Morgan fingerprint density at radius 2 is 2.30 bits per heavy atom. The molecule has 0 saturated carbocycles. The van der Waals surface area contributed by atoms with E-state index in [-0.39, 0.29) is 29.3 Å². The quantitative estimate of drug-likeness (QED) is 0.377. The number of thiazole rings is 1. The maximum absolute atomic E-state index is 12.6. The molecule has 2 aromatic heterocycles. The third-order valence-corrected chi connectivity index (χ3v) is 6.31. The number of β-lactam (4-membered cyclic amide) rings is 1. The summed E-state index contributed by atoms with van der Waals surface area (Å²) in [6.07, 6.45) is 1.36. The first-order valence-electron chi connectivity index (χ1n) is 7.72. The number of rotatable bonds is 5. The van der Waals surface area contributed by atoms with Gasteiger partial charge in [-0.15, -0.1) is 23.1 Å². The number of nitrogens with one attached hydrogen (secondary N) is 2. The van der Waals surface area contributed by atoms with E-state index in [0.717, 1.165) is 0 Å². The number of nitrogens with zero attached hydrogens (tertiary/aromatic N) is 4. The second kappa shape index (κ2) is 6.98. The standard InChI is InChI=1S/C14H13N7O3S3/c15-14-18-5(2-27-14)1-7(22)19-8-11(23)21-9(13(24)25)6(3-26-12(8)21)10-16-4-17-20-10/h2,4,8,12H,1,3H2,(H2,15,18)(H,19,22)(H,24,25)(H,16,17,20)/t8-,12-/m1/s1. The van der Waals surface area contributed by atoms with Crippen LogP contribution in [0.2, 0.25) is 0 Å². The van der Waals surface area contributed by atoms with Crippen LogP contribution in [0, 0.1) is 0 Å². The lowest BCUT2D eigenvalue weighted by molar-refractivity contribution is -0.146. The maximum atomic E-state index is 12.6. The fourth-order valence-electron chi connectivity index (χ4n) is 2.94. The Morgan fingerprint density at radius 3 is 2.93 bits per heavy atom. The molecule has 0 unspecified atom stereocenters. The molecule has 0 aromatic carbocycles. The monoisotopic (exact) mass is 423 g/mol. The molecule has 140 valence electrons. The largest absolute Gasteiger partial charge is 0.375 e. The number of carbonyl (C=O) groups excluding carboxylic acids is 3. The molecule has 0 spiro atoms. The Kier molecular flexibility index (Phi) is 4.65. The van der Waals surface area contributed by atoms with Gasteiger partial charge in [0.1, 0.15) is 23.4 Å². The van der Waals surface area contributed by atoms with Crippen LogP contribution in [0.1, 0.15) is 11.5 Å². The van der Waals surface area contributed by atoms with Gasteiger partial charge < -0.3 is 11.1 Å². The van der Waals surface area contributed by atoms with Crippen LogP contribution in [0.3, 0.4) is 0 Å². The first-order chi connectivity index (χ1) is 13.0. The summed E-state index contributed by atoms with van der Waals surface area (Å²) < 4.78 is 0. The van der Waals surface area contributed by atoms with Crippen LogP contribution < -0.4 is 11.1 Å². The van der Waals surface area contributed by atoms with E-state index >= 15 is 0 Å². The molecule has 0 aliphatic carbocycles. The summed E-state index contributed by atoms with van der Waals surface area (Å²) in [6, 6.07) is -0.711. The lowest BCUT2D eigenvalue weighted by Gasteiger charge is -2.49. The highest BCUT2D eigenvalue weighted by molar-refractivity contribution is 8.00. The number of H-pyrrole nitrogens is 1. The molecule has 13 heteroatoms. The van der Waals surface area contributed by atoms with Crippen molar-refractivity contribution in [3.8, 4) is 0 Å². The van der Waals surface area contributed by atoms with Crippen molar-refractivity contribution in [2.75, 3.05) is 11.5 Å². The summed E-state index contributed by atoms with van der Waals surface area (Å²) in [4.78, 5) is 46.3. The molecule has 27 heavy (non-hydrogen) atoms. The second-order valence-corrected chi connectivity index (χ2v) is 8.18. The fourth-order valence-corrected chi connectivity index (χ4v) is 5.10. The summed E-state index contributed by atoms with van der Waals surface area (Å²) in [5.74, 6) is 0.149. The van der Waals surface area contributed by atoms with Gasteiger partial charge in [0.2, 0.25) is 11.0 Å². The highest BCUT2D eigenvalue weighted by Gasteiger charge is 2.54. The molecule has 4 heterocycles. The highest BCUT2D eigenvalue weighted by atomic mass is 32.2. The van der Waals surface area contributed by atoms with Gasteiger partial charge in [0, 0.05) is 16.7 Å². The smallest absolute Gasteiger partial charge is 0.253 e. The third-order valence-electron chi connectivity index (χ3n) is 4.10. The average molecular weight is 424 g/mol. The van der Waals surface area contributed by atoms with E-state index in [4.69, 9.17) is 5.73 Å². The van der Waals surface area contributed by atoms with E-state index in [0.29, 0.717) is 28.0 Å². The first-order valence-corrected chi connectivity index (χ1v) is 10.1. The Balaban J connectivity index is 1.51. The summed E-state index contributed by atoms with van der Waals surface area (Å²) in [5.41, 5.74) is 6.83. The van der Waals surface area contributed by atoms with E-state index in [1.165, 1.54) is 34.3 Å². The minimum Gasteiger partial charge on any atom is -0.375 e. The molecular formula is C14H13N7O3S3. The number of nitrogen functional groups attached to an aromatic ring is 1. The highest BCUT2D eigenvalue weighted by Crippen LogP contribution is 2.43. The Bertz CT molecular complexity index is 955. The van der Waals surface area contributed by atoms with Crippen molar-refractivity contribution in [3.63, 3.8) is 0 Å². The fraction of sp³-hybridized carbons (Fsp3) is 0.286. The number of amides is 2. The van der Waals surface area contributed by atoms with Crippen molar-refractivity contribution in [1.29, 1.82) is 0 Å². The van der Waals surface area contributed by atoms with Gasteiger partial charge in [-0.2, -0.15) is 5.10 Å². The molecule has 4 rings (SSSR count). The minimum absolute atomic E-state index is 0.0341.